The third-order valence-electron chi connectivity index (χ3n) is 3.11. The lowest BCUT2D eigenvalue weighted by Crippen LogP contribution is -2.11. The summed E-state index contributed by atoms with van der Waals surface area (Å²) in [5.74, 6) is -0.0566. The van der Waals surface area contributed by atoms with Gasteiger partial charge in [0.2, 0.25) is 0 Å². The highest BCUT2D eigenvalue weighted by atomic mass is 32.1. The summed E-state index contributed by atoms with van der Waals surface area (Å²) in [4.78, 5) is 18.7. The Morgan fingerprint density at radius 2 is 1.95 bits per heavy atom. The molecule has 0 bridgehead atoms. The van der Waals surface area contributed by atoms with E-state index in [4.69, 9.17) is 0 Å². The standard InChI is InChI=1S/C16H14N2OS2/c1-10-9-14(11(2)21-10)15(19)18-13-5-3-12(4-6-13)16-17-7-8-20-16/h3-9H,1-2H3,(H,18,19). The first-order valence-corrected chi connectivity index (χ1v) is 8.21. The number of nitrogens with one attached hydrogen (secondary N) is 1. The van der Waals surface area contributed by atoms with Crippen molar-refractivity contribution < 1.29 is 4.79 Å². The van der Waals surface area contributed by atoms with E-state index in [0.29, 0.717) is 0 Å². The highest BCUT2D eigenvalue weighted by Gasteiger charge is 2.12. The largest absolute Gasteiger partial charge is 0.322 e. The average Bonchev–Trinajstić information content (AvgIpc) is 3.09. The Hall–Kier alpha value is -1.98. The first-order chi connectivity index (χ1) is 10.1. The molecule has 3 nitrogen and oxygen atoms in total. The van der Waals surface area contributed by atoms with E-state index < -0.39 is 0 Å². The van der Waals surface area contributed by atoms with Crippen LogP contribution in [0.15, 0.2) is 41.9 Å². The molecule has 0 aliphatic carbocycles. The molecule has 0 atom stereocenters. The van der Waals surface area contributed by atoms with E-state index >= 15 is 0 Å². The summed E-state index contributed by atoms with van der Waals surface area (Å²) < 4.78 is 0. The molecular formula is C16H14N2OS2. The van der Waals surface area contributed by atoms with E-state index in [1.165, 1.54) is 0 Å². The predicted molar refractivity (Wildman–Crippen MR) is 89.3 cm³/mol. The van der Waals surface area contributed by atoms with Gasteiger partial charge in [0, 0.05) is 32.6 Å². The molecule has 5 heteroatoms. The summed E-state index contributed by atoms with van der Waals surface area (Å²) in [7, 11) is 0. The molecule has 0 spiro atoms. The minimum atomic E-state index is -0.0566. The Bertz CT molecular complexity index is 758. The third-order valence-corrected chi connectivity index (χ3v) is 4.90. The van der Waals surface area contributed by atoms with Crippen molar-refractivity contribution in [3.8, 4) is 10.6 Å². The predicted octanol–water partition coefficient (Wildman–Crippen LogP) is 4.74. The van der Waals surface area contributed by atoms with Crippen LogP contribution in [0.4, 0.5) is 5.69 Å². The number of carbonyl (C=O) groups is 1. The molecule has 2 heterocycles. The number of hydrogen-bond donors (Lipinski definition) is 1. The van der Waals surface area contributed by atoms with Crippen molar-refractivity contribution in [2.24, 2.45) is 0 Å². The number of nitrogens with zero attached hydrogens (tertiary/aromatic N) is 1. The van der Waals surface area contributed by atoms with Crippen molar-refractivity contribution in [3.05, 3.63) is 57.2 Å². The molecule has 0 fully saturated rings. The molecule has 0 saturated heterocycles. The normalized spacial score (nSPS) is 10.6. The maximum atomic E-state index is 12.2. The van der Waals surface area contributed by atoms with Crippen LogP contribution in [0, 0.1) is 13.8 Å². The van der Waals surface area contributed by atoms with E-state index in [-0.39, 0.29) is 5.91 Å². The fourth-order valence-electron chi connectivity index (χ4n) is 2.12. The number of benzene rings is 1. The molecule has 2 aromatic heterocycles. The van der Waals surface area contributed by atoms with Gasteiger partial charge in [0.15, 0.2) is 0 Å². The molecule has 0 aliphatic heterocycles. The molecule has 1 N–H and O–H groups in total. The zero-order valence-corrected chi connectivity index (χ0v) is 13.3. The van der Waals surface area contributed by atoms with Gasteiger partial charge >= 0.3 is 0 Å². The smallest absolute Gasteiger partial charge is 0.256 e. The molecule has 3 aromatic rings. The van der Waals surface area contributed by atoms with E-state index in [1.54, 1.807) is 28.9 Å². The van der Waals surface area contributed by atoms with Crippen molar-refractivity contribution in [3.63, 3.8) is 0 Å². The second-order valence-corrected chi connectivity index (χ2v) is 7.05. The second kappa shape index (κ2) is 5.79. The number of anilines is 1. The van der Waals surface area contributed by atoms with Crippen LogP contribution in [0.3, 0.4) is 0 Å². The van der Waals surface area contributed by atoms with Gasteiger partial charge in [0.05, 0.1) is 5.56 Å². The average molecular weight is 314 g/mol. The molecule has 1 amide bonds. The maximum absolute atomic E-state index is 12.2. The SMILES string of the molecule is Cc1cc(C(=O)Nc2ccc(-c3nccs3)cc2)c(C)s1. The van der Waals surface area contributed by atoms with Crippen molar-refractivity contribution in [2.75, 3.05) is 5.32 Å². The fraction of sp³-hybridized carbons (Fsp3) is 0.125. The van der Waals surface area contributed by atoms with Crippen LogP contribution in [-0.2, 0) is 0 Å². The molecular weight excluding hydrogens is 300 g/mol. The number of rotatable bonds is 3. The molecule has 3 rings (SSSR count). The molecule has 0 unspecified atom stereocenters. The van der Waals surface area contributed by atoms with Crippen LogP contribution in [0.25, 0.3) is 10.6 Å². The summed E-state index contributed by atoms with van der Waals surface area (Å²) >= 11 is 3.24. The van der Waals surface area contributed by atoms with Crippen molar-refractivity contribution in [2.45, 2.75) is 13.8 Å². The number of hydrogen-bond acceptors (Lipinski definition) is 4. The molecule has 0 saturated carbocycles. The van der Waals surface area contributed by atoms with Gasteiger partial charge in [-0.25, -0.2) is 4.98 Å². The van der Waals surface area contributed by atoms with Crippen LogP contribution in [0.5, 0.6) is 0 Å². The molecule has 0 radical (unpaired) electrons. The molecule has 21 heavy (non-hydrogen) atoms. The monoisotopic (exact) mass is 314 g/mol. The van der Waals surface area contributed by atoms with Crippen molar-refractivity contribution in [1.82, 2.24) is 4.98 Å². The summed E-state index contributed by atoms with van der Waals surface area (Å²) in [5, 5.41) is 5.87. The van der Waals surface area contributed by atoms with Crippen LogP contribution < -0.4 is 5.32 Å². The Balaban J connectivity index is 1.76. The first kappa shape index (κ1) is 14.0. The highest BCUT2D eigenvalue weighted by molar-refractivity contribution is 7.13. The number of thiophene rings is 1. The Morgan fingerprint density at radius 3 is 2.52 bits per heavy atom. The van der Waals surface area contributed by atoms with E-state index in [2.05, 4.69) is 10.3 Å². The zero-order chi connectivity index (χ0) is 14.8. The Morgan fingerprint density at radius 1 is 1.19 bits per heavy atom. The number of amides is 1. The van der Waals surface area contributed by atoms with Gasteiger partial charge in [-0.05, 0) is 44.2 Å². The maximum Gasteiger partial charge on any atom is 0.256 e. The van der Waals surface area contributed by atoms with Gasteiger partial charge in [-0.3, -0.25) is 4.79 Å². The van der Waals surface area contributed by atoms with Crippen LogP contribution in [0.2, 0.25) is 0 Å². The third kappa shape index (κ3) is 3.04. The van der Waals surface area contributed by atoms with Gasteiger partial charge < -0.3 is 5.32 Å². The lowest BCUT2D eigenvalue weighted by molar-refractivity contribution is 0.102. The minimum Gasteiger partial charge on any atom is -0.322 e. The summed E-state index contributed by atoms with van der Waals surface area (Å²) in [6, 6.07) is 9.69. The summed E-state index contributed by atoms with van der Waals surface area (Å²) in [6.45, 7) is 3.98. The summed E-state index contributed by atoms with van der Waals surface area (Å²) in [5.41, 5.74) is 2.61. The second-order valence-electron chi connectivity index (χ2n) is 4.70. The minimum absolute atomic E-state index is 0.0566. The van der Waals surface area contributed by atoms with Crippen LogP contribution in [0.1, 0.15) is 20.1 Å². The van der Waals surface area contributed by atoms with Gasteiger partial charge in [0.25, 0.3) is 5.91 Å². The highest BCUT2D eigenvalue weighted by Crippen LogP contribution is 2.25. The number of aromatic nitrogens is 1. The van der Waals surface area contributed by atoms with Crippen LogP contribution >= 0.6 is 22.7 Å². The molecule has 106 valence electrons. The van der Waals surface area contributed by atoms with Crippen molar-refractivity contribution in [1.29, 1.82) is 0 Å². The zero-order valence-electron chi connectivity index (χ0n) is 11.7. The summed E-state index contributed by atoms with van der Waals surface area (Å²) in [6.07, 6.45) is 1.79. The Labute approximate surface area is 131 Å². The van der Waals surface area contributed by atoms with Gasteiger partial charge in [-0.2, -0.15) is 0 Å². The number of carbonyl (C=O) groups excluding carboxylic acids is 1. The number of thiazole rings is 1. The van der Waals surface area contributed by atoms with Crippen molar-refractivity contribution >= 4 is 34.3 Å². The van der Waals surface area contributed by atoms with Gasteiger partial charge in [0.1, 0.15) is 5.01 Å². The van der Waals surface area contributed by atoms with E-state index in [1.807, 2.05) is 49.6 Å². The first-order valence-electron chi connectivity index (χ1n) is 6.52. The lowest BCUT2D eigenvalue weighted by atomic mass is 10.2. The number of aryl methyl sites for hydroxylation is 2. The molecule has 1 aromatic carbocycles. The van der Waals surface area contributed by atoms with Gasteiger partial charge in [-0.1, -0.05) is 0 Å². The lowest BCUT2D eigenvalue weighted by Gasteiger charge is -2.05. The topological polar surface area (TPSA) is 42.0 Å². The fourth-order valence-corrected chi connectivity index (χ4v) is 3.68. The van der Waals surface area contributed by atoms with E-state index in [0.717, 1.165) is 31.6 Å². The quantitative estimate of drug-likeness (QED) is 0.758. The Kier molecular flexibility index (Phi) is 3.86. The van der Waals surface area contributed by atoms with Crippen LogP contribution in [-0.4, -0.2) is 10.9 Å². The molecule has 0 aliphatic rings. The van der Waals surface area contributed by atoms with Gasteiger partial charge in [-0.15, -0.1) is 22.7 Å². The van der Waals surface area contributed by atoms with E-state index in [9.17, 15) is 4.79 Å².